The Kier molecular flexibility index (Phi) is 7.03. The number of anilines is 3. The zero-order chi connectivity index (χ0) is 27.6. The average molecular weight is 574 g/mol. The summed E-state index contributed by atoms with van der Waals surface area (Å²) in [4.78, 5) is 48.8. The number of fused-ring (bicyclic) bond motifs is 1. The molecule has 3 amide bonds. The predicted octanol–water partition coefficient (Wildman–Crippen LogP) is 5.08. The van der Waals surface area contributed by atoms with Crippen molar-refractivity contribution in [2.24, 2.45) is 0 Å². The highest BCUT2D eigenvalue weighted by atomic mass is 32.1. The summed E-state index contributed by atoms with van der Waals surface area (Å²) in [6.45, 7) is 0.108. The first-order valence-electron chi connectivity index (χ1n) is 12.1. The van der Waals surface area contributed by atoms with E-state index in [0.29, 0.717) is 27.1 Å². The standard InChI is InChI=1S/C28H20FN5O4S2/c29-18-9-5-16(6-10-18)15-34(26(37)23-22(38-23)25(36)33-27-30-13-14-39-27)19-11-7-17(8-12-19)24(35)32-28-31-20-3-1-2-4-21(20)40-28/h1-14,22-23H,15H2,(H,30,33,36)(H,31,32,35). The Morgan fingerprint density at radius 2 is 1.70 bits per heavy atom. The van der Waals surface area contributed by atoms with Crippen molar-refractivity contribution in [2.45, 2.75) is 18.8 Å². The summed E-state index contributed by atoms with van der Waals surface area (Å²) in [5, 5.41) is 8.06. The lowest BCUT2D eigenvalue weighted by molar-refractivity contribution is -0.120. The van der Waals surface area contributed by atoms with E-state index in [1.165, 1.54) is 39.7 Å². The highest BCUT2D eigenvalue weighted by Gasteiger charge is 2.52. The summed E-state index contributed by atoms with van der Waals surface area (Å²) in [6.07, 6.45) is -0.377. The summed E-state index contributed by atoms with van der Waals surface area (Å²) in [5.41, 5.74) is 2.34. The van der Waals surface area contributed by atoms with E-state index in [2.05, 4.69) is 20.6 Å². The number of nitrogens with zero attached hydrogens (tertiary/aromatic N) is 3. The summed E-state index contributed by atoms with van der Waals surface area (Å²) >= 11 is 2.63. The Hall–Kier alpha value is -4.52. The van der Waals surface area contributed by atoms with Crippen molar-refractivity contribution in [3.8, 4) is 0 Å². The fraction of sp³-hybridized carbons (Fsp3) is 0.107. The van der Waals surface area contributed by atoms with Crippen LogP contribution in [0.25, 0.3) is 10.2 Å². The second kappa shape index (κ2) is 10.9. The smallest absolute Gasteiger partial charge is 0.259 e. The maximum Gasteiger partial charge on any atom is 0.259 e. The maximum absolute atomic E-state index is 13.5. The predicted molar refractivity (Wildman–Crippen MR) is 151 cm³/mol. The van der Waals surface area contributed by atoms with Crippen molar-refractivity contribution < 1.29 is 23.5 Å². The van der Waals surface area contributed by atoms with E-state index in [1.807, 2.05) is 24.3 Å². The van der Waals surface area contributed by atoms with Gasteiger partial charge in [-0.1, -0.05) is 35.6 Å². The number of ether oxygens (including phenoxy) is 1. The van der Waals surface area contributed by atoms with Crippen LogP contribution in [0, 0.1) is 5.82 Å². The van der Waals surface area contributed by atoms with Gasteiger partial charge in [-0.15, -0.1) is 11.3 Å². The molecule has 12 heteroatoms. The van der Waals surface area contributed by atoms with Gasteiger partial charge in [-0.3, -0.25) is 25.0 Å². The van der Waals surface area contributed by atoms with Gasteiger partial charge in [0.05, 0.1) is 16.8 Å². The van der Waals surface area contributed by atoms with Crippen molar-refractivity contribution in [3.63, 3.8) is 0 Å². The minimum absolute atomic E-state index is 0.108. The van der Waals surface area contributed by atoms with Crippen LogP contribution in [0.5, 0.6) is 0 Å². The van der Waals surface area contributed by atoms with Crippen LogP contribution in [0.4, 0.5) is 20.3 Å². The molecule has 1 saturated heterocycles. The maximum atomic E-state index is 13.5. The summed E-state index contributed by atoms with van der Waals surface area (Å²) < 4.78 is 19.9. The first kappa shape index (κ1) is 25.7. The lowest BCUT2D eigenvalue weighted by Crippen LogP contribution is -2.36. The van der Waals surface area contributed by atoms with Gasteiger partial charge in [0.15, 0.2) is 22.5 Å². The van der Waals surface area contributed by atoms with E-state index in [-0.39, 0.29) is 12.5 Å². The molecule has 0 spiro atoms. The Balaban J connectivity index is 1.19. The number of aromatic nitrogens is 2. The molecule has 2 unspecified atom stereocenters. The summed E-state index contributed by atoms with van der Waals surface area (Å²) in [5.74, 6) is -1.63. The number of carbonyl (C=O) groups is 3. The van der Waals surface area contributed by atoms with Gasteiger partial charge in [-0.2, -0.15) is 0 Å². The number of nitrogens with one attached hydrogen (secondary N) is 2. The molecule has 5 aromatic rings. The number of hydrogen-bond acceptors (Lipinski definition) is 8. The lowest BCUT2D eigenvalue weighted by atomic mass is 10.1. The van der Waals surface area contributed by atoms with Gasteiger partial charge >= 0.3 is 0 Å². The van der Waals surface area contributed by atoms with Gasteiger partial charge in [-0.25, -0.2) is 14.4 Å². The second-order valence-electron chi connectivity index (χ2n) is 8.84. The highest BCUT2D eigenvalue weighted by molar-refractivity contribution is 7.22. The van der Waals surface area contributed by atoms with E-state index in [4.69, 9.17) is 4.74 Å². The summed E-state index contributed by atoms with van der Waals surface area (Å²) in [6, 6.07) is 19.9. The number of hydrogen-bond donors (Lipinski definition) is 2. The van der Waals surface area contributed by atoms with Gasteiger partial charge < -0.3 is 9.64 Å². The minimum atomic E-state index is -0.984. The third kappa shape index (κ3) is 5.59. The third-order valence-corrected chi connectivity index (χ3v) is 7.77. The fourth-order valence-electron chi connectivity index (χ4n) is 4.07. The molecule has 1 aliphatic heterocycles. The molecule has 3 heterocycles. The molecular formula is C28H20FN5O4S2. The van der Waals surface area contributed by atoms with Crippen LogP contribution in [0.3, 0.4) is 0 Å². The molecule has 1 fully saturated rings. The Labute approximate surface area is 235 Å². The number of thiazole rings is 2. The molecule has 0 saturated carbocycles. The monoisotopic (exact) mass is 573 g/mol. The Morgan fingerprint density at radius 1 is 0.925 bits per heavy atom. The molecule has 0 bridgehead atoms. The molecular weight excluding hydrogens is 553 g/mol. The molecule has 40 heavy (non-hydrogen) atoms. The number of benzene rings is 3. The van der Waals surface area contributed by atoms with Crippen LogP contribution in [0.15, 0.2) is 84.4 Å². The van der Waals surface area contributed by atoms with Gasteiger partial charge in [0, 0.05) is 22.8 Å². The first-order valence-corrected chi connectivity index (χ1v) is 13.8. The van der Waals surface area contributed by atoms with Gasteiger partial charge in [0.25, 0.3) is 17.7 Å². The molecule has 3 aromatic carbocycles. The third-order valence-electron chi connectivity index (χ3n) is 6.13. The van der Waals surface area contributed by atoms with Crippen LogP contribution in [0.1, 0.15) is 15.9 Å². The van der Waals surface area contributed by atoms with Crippen LogP contribution < -0.4 is 15.5 Å². The van der Waals surface area contributed by atoms with E-state index in [9.17, 15) is 18.8 Å². The zero-order valence-corrected chi connectivity index (χ0v) is 22.2. The number of para-hydroxylation sites is 1. The van der Waals surface area contributed by atoms with Crippen molar-refractivity contribution in [3.05, 3.63) is 101 Å². The van der Waals surface area contributed by atoms with E-state index in [1.54, 1.807) is 48.0 Å². The molecule has 0 aliphatic carbocycles. The largest absolute Gasteiger partial charge is 0.349 e. The molecule has 200 valence electrons. The number of rotatable bonds is 8. The molecule has 1 aliphatic rings. The Bertz CT molecular complexity index is 1660. The van der Waals surface area contributed by atoms with Gasteiger partial charge in [0.1, 0.15) is 5.82 Å². The van der Waals surface area contributed by atoms with Crippen LogP contribution >= 0.6 is 22.7 Å². The fourth-order valence-corrected chi connectivity index (χ4v) is 5.46. The first-order chi connectivity index (χ1) is 19.4. The van der Waals surface area contributed by atoms with Crippen molar-refractivity contribution >= 4 is 66.6 Å². The van der Waals surface area contributed by atoms with Crippen LogP contribution in [0.2, 0.25) is 0 Å². The average Bonchev–Trinajstić information content (AvgIpc) is 3.41. The Morgan fingerprint density at radius 3 is 2.42 bits per heavy atom. The topological polar surface area (TPSA) is 117 Å². The number of carbonyl (C=O) groups excluding carboxylic acids is 3. The molecule has 2 N–H and O–H groups in total. The minimum Gasteiger partial charge on any atom is -0.349 e. The number of halogens is 1. The van der Waals surface area contributed by atoms with Crippen molar-refractivity contribution in [1.82, 2.24) is 9.97 Å². The molecule has 9 nitrogen and oxygen atoms in total. The SMILES string of the molecule is O=C(Nc1nc2ccccc2s1)c1ccc(N(Cc2ccc(F)cc2)C(=O)C2OC2C(=O)Nc2nccs2)cc1. The van der Waals surface area contributed by atoms with Crippen molar-refractivity contribution in [2.75, 3.05) is 15.5 Å². The highest BCUT2D eigenvalue weighted by Crippen LogP contribution is 2.30. The second-order valence-corrected chi connectivity index (χ2v) is 10.8. The number of amides is 3. The molecule has 2 aromatic heterocycles. The van der Waals surface area contributed by atoms with Crippen LogP contribution in [-0.2, 0) is 20.9 Å². The van der Waals surface area contributed by atoms with E-state index >= 15 is 0 Å². The normalized spacial score (nSPS) is 15.9. The van der Waals surface area contributed by atoms with Gasteiger partial charge in [0.2, 0.25) is 0 Å². The summed E-state index contributed by atoms with van der Waals surface area (Å²) in [7, 11) is 0. The number of epoxide rings is 1. The molecule has 2 atom stereocenters. The quantitative estimate of drug-likeness (QED) is 0.250. The van der Waals surface area contributed by atoms with E-state index < -0.39 is 29.8 Å². The lowest BCUT2D eigenvalue weighted by Gasteiger charge is -2.23. The van der Waals surface area contributed by atoms with Crippen molar-refractivity contribution in [1.29, 1.82) is 0 Å². The van der Waals surface area contributed by atoms with Gasteiger partial charge in [-0.05, 0) is 54.1 Å². The van der Waals surface area contributed by atoms with Crippen LogP contribution in [-0.4, -0.2) is 39.9 Å². The molecule has 6 rings (SSSR count). The zero-order valence-electron chi connectivity index (χ0n) is 20.6. The van der Waals surface area contributed by atoms with E-state index in [0.717, 1.165) is 10.2 Å². The molecule has 0 radical (unpaired) electrons.